The number of imide groups is 1. The van der Waals surface area contributed by atoms with Gasteiger partial charge in [-0.2, -0.15) is 0 Å². The number of benzene rings is 1. The number of hydrogen-bond donors (Lipinski definition) is 1. The molecular weight excluding hydrogens is 264 g/mol. The first-order chi connectivity index (χ1) is 10.1. The van der Waals surface area contributed by atoms with E-state index in [0.717, 1.165) is 36.8 Å². The molecule has 0 bridgehead atoms. The predicted molar refractivity (Wildman–Crippen MR) is 80.0 cm³/mol. The van der Waals surface area contributed by atoms with Gasteiger partial charge in [-0.15, -0.1) is 0 Å². The van der Waals surface area contributed by atoms with Crippen molar-refractivity contribution in [1.82, 2.24) is 4.90 Å². The van der Waals surface area contributed by atoms with Crippen molar-refractivity contribution < 1.29 is 9.59 Å². The molecule has 1 aromatic rings. The number of piperidine rings is 1. The van der Waals surface area contributed by atoms with E-state index in [-0.39, 0.29) is 17.2 Å². The summed E-state index contributed by atoms with van der Waals surface area (Å²) in [7, 11) is 0. The van der Waals surface area contributed by atoms with E-state index >= 15 is 0 Å². The van der Waals surface area contributed by atoms with Crippen LogP contribution in [-0.4, -0.2) is 16.7 Å². The summed E-state index contributed by atoms with van der Waals surface area (Å²) in [5.41, 5.74) is 7.59. The third kappa shape index (κ3) is 2.86. The lowest BCUT2D eigenvalue weighted by atomic mass is 9.76. The minimum atomic E-state index is -0.0198. The second-order valence-corrected chi connectivity index (χ2v) is 6.45. The van der Waals surface area contributed by atoms with Crippen molar-refractivity contribution in [3.8, 4) is 0 Å². The molecule has 21 heavy (non-hydrogen) atoms. The monoisotopic (exact) mass is 286 g/mol. The number of likely N-dealkylation sites (tertiary alicyclic amines) is 1. The van der Waals surface area contributed by atoms with Gasteiger partial charge in [-0.3, -0.25) is 14.5 Å². The van der Waals surface area contributed by atoms with Crippen molar-refractivity contribution in [2.45, 2.75) is 51.6 Å². The Hall–Kier alpha value is -1.68. The van der Waals surface area contributed by atoms with Crippen LogP contribution in [0.15, 0.2) is 24.3 Å². The van der Waals surface area contributed by atoms with Crippen LogP contribution in [0.2, 0.25) is 0 Å². The zero-order valence-electron chi connectivity index (χ0n) is 12.3. The van der Waals surface area contributed by atoms with Crippen LogP contribution in [-0.2, 0) is 22.7 Å². The minimum absolute atomic E-state index is 0.00366. The van der Waals surface area contributed by atoms with Crippen LogP contribution in [0.5, 0.6) is 0 Å². The molecule has 4 nitrogen and oxygen atoms in total. The van der Waals surface area contributed by atoms with Gasteiger partial charge < -0.3 is 5.73 Å². The Bertz CT molecular complexity index is 524. The van der Waals surface area contributed by atoms with Gasteiger partial charge in [0.05, 0.1) is 6.54 Å². The van der Waals surface area contributed by atoms with E-state index in [1.54, 1.807) is 0 Å². The summed E-state index contributed by atoms with van der Waals surface area (Å²) in [6.45, 7) is 0.892. The van der Waals surface area contributed by atoms with E-state index in [1.807, 2.05) is 24.3 Å². The Morgan fingerprint density at radius 2 is 1.48 bits per heavy atom. The molecule has 112 valence electrons. The Balaban J connectivity index is 1.70. The lowest BCUT2D eigenvalue weighted by Gasteiger charge is -2.37. The van der Waals surface area contributed by atoms with Crippen molar-refractivity contribution in [3.63, 3.8) is 0 Å². The van der Waals surface area contributed by atoms with Crippen LogP contribution in [0.1, 0.15) is 49.7 Å². The number of amides is 2. The van der Waals surface area contributed by atoms with Gasteiger partial charge in [-0.05, 0) is 29.4 Å². The van der Waals surface area contributed by atoms with Gasteiger partial charge in [0.2, 0.25) is 11.8 Å². The maximum Gasteiger partial charge on any atom is 0.230 e. The minimum Gasteiger partial charge on any atom is -0.326 e. The van der Waals surface area contributed by atoms with Crippen LogP contribution in [0.4, 0.5) is 0 Å². The number of hydrogen-bond acceptors (Lipinski definition) is 3. The molecule has 4 heteroatoms. The lowest BCUT2D eigenvalue weighted by Crippen LogP contribution is -2.46. The van der Waals surface area contributed by atoms with Crippen LogP contribution in [0.3, 0.4) is 0 Å². The van der Waals surface area contributed by atoms with Crippen LogP contribution >= 0.6 is 0 Å². The standard InChI is InChI=1S/C17H22N2O2/c18-11-13-3-5-14(6-4-13)12-19-15(20)9-17(10-16(19)21)7-1-2-8-17/h3-6H,1-2,7-12,18H2. The summed E-state index contributed by atoms with van der Waals surface area (Å²) in [5, 5.41) is 0. The summed E-state index contributed by atoms with van der Waals surface area (Å²) >= 11 is 0. The van der Waals surface area contributed by atoms with Gasteiger partial charge in [0.1, 0.15) is 0 Å². The fraction of sp³-hybridized carbons (Fsp3) is 0.529. The fourth-order valence-corrected chi connectivity index (χ4v) is 3.65. The van der Waals surface area contributed by atoms with Gasteiger partial charge in [0.15, 0.2) is 0 Å². The van der Waals surface area contributed by atoms with E-state index < -0.39 is 0 Å². The molecule has 2 amide bonds. The Morgan fingerprint density at radius 1 is 0.952 bits per heavy atom. The quantitative estimate of drug-likeness (QED) is 0.868. The van der Waals surface area contributed by atoms with Gasteiger partial charge >= 0.3 is 0 Å². The summed E-state index contributed by atoms with van der Waals surface area (Å²) in [5.74, 6) is -0.00731. The largest absolute Gasteiger partial charge is 0.326 e. The highest BCUT2D eigenvalue weighted by Crippen LogP contribution is 2.47. The van der Waals surface area contributed by atoms with Crippen LogP contribution in [0.25, 0.3) is 0 Å². The molecule has 0 radical (unpaired) electrons. The summed E-state index contributed by atoms with van der Waals surface area (Å²) in [6, 6.07) is 7.80. The molecule has 2 fully saturated rings. The molecule has 1 aliphatic heterocycles. The van der Waals surface area contributed by atoms with Crippen LogP contribution < -0.4 is 5.73 Å². The normalized spacial score (nSPS) is 21.3. The van der Waals surface area contributed by atoms with Crippen molar-refractivity contribution in [1.29, 1.82) is 0 Å². The number of rotatable bonds is 3. The van der Waals surface area contributed by atoms with Gasteiger partial charge in [0, 0.05) is 19.4 Å². The molecule has 1 saturated heterocycles. The third-order valence-corrected chi connectivity index (χ3v) is 4.92. The van der Waals surface area contributed by atoms with Gasteiger partial charge in [0.25, 0.3) is 0 Å². The molecule has 1 saturated carbocycles. The molecule has 3 rings (SSSR count). The summed E-state index contributed by atoms with van der Waals surface area (Å²) in [6.07, 6.45) is 5.45. The molecular formula is C17H22N2O2. The maximum absolute atomic E-state index is 12.4. The number of carbonyl (C=O) groups is 2. The summed E-state index contributed by atoms with van der Waals surface area (Å²) < 4.78 is 0. The molecule has 1 spiro atoms. The second-order valence-electron chi connectivity index (χ2n) is 6.45. The van der Waals surface area contributed by atoms with Crippen LogP contribution in [0, 0.1) is 5.41 Å². The number of nitrogens with zero attached hydrogens (tertiary/aromatic N) is 1. The molecule has 0 unspecified atom stereocenters. The number of carbonyl (C=O) groups excluding carboxylic acids is 2. The van der Waals surface area contributed by atoms with Gasteiger partial charge in [-0.1, -0.05) is 37.1 Å². The average molecular weight is 286 g/mol. The molecule has 2 N–H and O–H groups in total. The van der Waals surface area contributed by atoms with E-state index in [4.69, 9.17) is 5.73 Å². The Morgan fingerprint density at radius 3 is 2.00 bits per heavy atom. The zero-order valence-corrected chi connectivity index (χ0v) is 12.3. The highest BCUT2D eigenvalue weighted by molar-refractivity contribution is 5.98. The maximum atomic E-state index is 12.4. The predicted octanol–water partition coefficient (Wildman–Crippen LogP) is 2.35. The lowest BCUT2D eigenvalue weighted by molar-refractivity contribution is -0.154. The first kappa shape index (κ1) is 14.3. The Kier molecular flexibility index (Phi) is 3.81. The topological polar surface area (TPSA) is 63.4 Å². The van der Waals surface area contributed by atoms with E-state index in [1.165, 1.54) is 4.90 Å². The zero-order chi connectivity index (χ0) is 14.9. The van der Waals surface area contributed by atoms with Gasteiger partial charge in [-0.25, -0.2) is 0 Å². The smallest absolute Gasteiger partial charge is 0.230 e. The molecule has 1 aliphatic carbocycles. The second kappa shape index (κ2) is 5.60. The number of nitrogens with two attached hydrogens (primary N) is 1. The molecule has 1 heterocycles. The highest BCUT2D eigenvalue weighted by atomic mass is 16.2. The molecule has 2 aliphatic rings. The molecule has 1 aromatic carbocycles. The molecule has 0 atom stereocenters. The average Bonchev–Trinajstić information content (AvgIpc) is 2.91. The molecule has 0 aromatic heterocycles. The van der Waals surface area contributed by atoms with E-state index in [2.05, 4.69) is 0 Å². The van der Waals surface area contributed by atoms with E-state index in [9.17, 15) is 9.59 Å². The first-order valence-electron chi connectivity index (χ1n) is 7.73. The Labute approximate surface area is 125 Å². The van der Waals surface area contributed by atoms with Crippen molar-refractivity contribution in [2.75, 3.05) is 0 Å². The highest BCUT2D eigenvalue weighted by Gasteiger charge is 2.44. The summed E-state index contributed by atoms with van der Waals surface area (Å²) in [4.78, 5) is 26.2. The van der Waals surface area contributed by atoms with Crippen molar-refractivity contribution in [3.05, 3.63) is 35.4 Å². The fourth-order valence-electron chi connectivity index (χ4n) is 3.65. The first-order valence-corrected chi connectivity index (χ1v) is 7.73. The van der Waals surface area contributed by atoms with Crippen molar-refractivity contribution in [2.24, 2.45) is 11.1 Å². The van der Waals surface area contributed by atoms with Crippen molar-refractivity contribution >= 4 is 11.8 Å². The SMILES string of the molecule is NCc1ccc(CN2C(=O)CC3(CCCC3)CC2=O)cc1. The van der Waals surface area contributed by atoms with E-state index in [0.29, 0.717) is 25.9 Å². The third-order valence-electron chi connectivity index (χ3n) is 4.92.